The zero-order valence-corrected chi connectivity index (χ0v) is 14.1. The maximum atomic E-state index is 12.6. The highest BCUT2D eigenvalue weighted by molar-refractivity contribution is 6.21. The van der Waals surface area contributed by atoms with E-state index in [1.54, 1.807) is 0 Å². The van der Waals surface area contributed by atoms with Crippen molar-refractivity contribution in [3.05, 3.63) is 65.7 Å². The molecular formula is C20H23N2O2+. The Bertz CT molecular complexity index is 725. The van der Waals surface area contributed by atoms with Gasteiger partial charge >= 0.3 is 0 Å². The lowest BCUT2D eigenvalue weighted by Crippen LogP contribution is -2.92. The van der Waals surface area contributed by atoms with Crippen LogP contribution >= 0.6 is 0 Å². The van der Waals surface area contributed by atoms with Crippen LogP contribution in [0.5, 0.6) is 0 Å². The number of rotatable bonds is 5. The summed E-state index contributed by atoms with van der Waals surface area (Å²) in [6.45, 7) is 4.92. The summed E-state index contributed by atoms with van der Waals surface area (Å²) in [4.78, 5) is 26.2. The number of quaternary nitrogens is 1. The normalized spacial score (nSPS) is 18.9. The van der Waals surface area contributed by atoms with E-state index in [-0.39, 0.29) is 24.3 Å². The SMILES string of the molecule is Cc1ccc(N2C(=O)C[C@@H]([NH2+]C[C@@H](C)c3ccccc3)C2=O)cc1. The lowest BCUT2D eigenvalue weighted by atomic mass is 10.0. The average Bonchev–Trinajstić information content (AvgIpc) is 2.88. The topological polar surface area (TPSA) is 54.0 Å². The predicted octanol–water partition coefficient (Wildman–Crippen LogP) is 1.99. The van der Waals surface area contributed by atoms with Crippen molar-refractivity contribution >= 4 is 17.5 Å². The molecule has 0 saturated carbocycles. The van der Waals surface area contributed by atoms with Crippen molar-refractivity contribution in [1.29, 1.82) is 0 Å². The van der Waals surface area contributed by atoms with Gasteiger partial charge in [0.2, 0.25) is 5.91 Å². The Morgan fingerprint density at radius 2 is 1.75 bits per heavy atom. The molecule has 0 spiro atoms. The van der Waals surface area contributed by atoms with Crippen molar-refractivity contribution in [2.24, 2.45) is 0 Å². The fourth-order valence-corrected chi connectivity index (χ4v) is 3.09. The highest BCUT2D eigenvalue weighted by atomic mass is 16.2. The van der Waals surface area contributed by atoms with Crippen molar-refractivity contribution in [3.63, 3.8) is 0 Å². The van der Waals surface area contributed by atoms with Gasteiger partial charge in [0.05, 0.1) is 18.7 Å². The van der Waals surface area contributed by atoms with Gasteiger partial charge < -0.3 is 5.32 Å². The summed E-state index contributed by atoms with van der Waals surface area (Å²) in [5, 5.41) is 2.01. The Balaban J connectivity index is 1.65. The van der Waals surface area contributed by atoms with E-state index in [2.05, 4.69) is 19.1 Å². The molecular weight excluding hydrogens is 300 g/mol. The van der Waals surface area contributed by atoms with E-state index in [1.165, 1.54) is 10.5 Å². The van der Waals surface area contributed by atoms with Gasteiger partial charge in [0.25, 0.3) is 5.91 Å². The monoisotopic (exact) mass is 323 g/mol. The summed E-state index contributed by atoms with van der Waals surface area (Å²) in [5.41, 5.74) is 3.03. The minimum Gasteiger partial charge on any atom is -0.335 e. The largest absolute Gasteiger partial charge is 0.335 e. The molecule has 3 rings (SSSR count). The quantitative estimate of drug-likeness (QED) is 0.856. The van der Waals surface area contributed by atoms with Crippen molar-refractivity contribution in [1.82, 2.24) is 0 Å². The van der Waals surface area contributed by atoms with E-state index >= 15 is 0 Å². The number of nitrogens with zero attached hydrogens (tertiary/aromatic N) is 1. The first-order chi connectivity index (χ1) is 11.6. The zero-order chi connectivity index (χ0) is 17.1. The highest BCUT2D eigenvalue weighted by Gasteiger charge is 2.42. The lowest BCUT2D eigenvalue weighted by Gasteiger charge is -2.16. The summed E-state index contributed by atoms with van der Waals surface area (Å²) in [5.74, 6) is 0.115. The molecule has 1 fully saturated rings. The Morgan fingerprint density at radius 3 is 2.42 bits per heavy atom. The third-order valence-corrected chi connectivity index (χ3v) is 4.62. The second-order valence-electron chi connectivity index (χ2n) is 6.50. The molecule has 4 heteroatoms. The molecule has 1 aliphatic rings. The van der Waals surface area contributed by atoms with Crippen LogP contribution in [0, 0.1) is 6.92 Å². The van der Waals surface area contributed by atoms with Gasteiger partial charge in [-0.15, -0.1) is 0 Å². The molecule has 2 amide bonds. The van der Waals surface area contributed by atoms with Crippen LogP contribution in [0.15, 0.2) is 54.6 Å². The van der Waals surface area contributed by atoms with Crippen LogP contribution in [0.1, 0.15) is 30.4 Å². The minimum absolute atomic E-state index is 0.107. The van der Waals surface area contributed by atoms with Crippen LogP contribution in [-0.2, 0) is 9.59 Å². The number of anilines is 1. The third kappa shape index (κ3) is 3.39. The Kier molecular flexibility index (Phi) is 4.76. The molecule has 0 bridgehead atoms. The third-order valence-electron chi connectivity index (χ3n) is 4.62. The molecule has 1 aliphatic heterocycles. The van der Waals surface area contributed by atoms with Crippen molar-refractivity contribution in [2.45, 2.75) is 32.2 Å². The fraction of sp³-hybridized carbons (Fsp3) is 0.300. The van der Waals surface area contributed by atoms with Gasteiger partial charge in [0.15, 0.2) is 6.04 Å². The fourth-order valence-electron chi connectivity index (χ4n) is 3.09. The summed E-state index contributed by atoms with van der Waals surface area (Å²) >= 11 is 0. The number of imide groups is 1. The molecule has 2 atom stereocenters. The Labute approximate surface area is 142 Å². The van der Waals surface area contributed by atoms with E-state index in [9.17, 15) is 9.59 Å². The van der Waals surface area contributed by atoms with Gasteiger partial charge in [-0.1, -0.05) is 55.0 Å². The van der Waals surface area contributed by atoms with E-state index in [4.69, 9.17) is 0 Å². The molecule has 1 saturated heterocycles. The van der Waals surface area contributed by atoms with Gasteiger partial charge in [0.1, 0.15) is 0 Å². The van der Waals surface area contributed by atoms with Gasteiger partial charge in [-0.2, -0.15) is 0 Å². The van der Waals surface area contributed by atoms with Crippen LogP contribution in [0.25, 0.3) is 0 Å². The van der Waals surface area contributed by atoms with Crippen molar-refractivity contribution < 1.29 is 14.9 Å². The summed E-state index contributed by atoms with van der Waals surface area (Å²) < 4.78 is 0. The molecule has 2 aromatic rings. The molecule has 24 heavy (non-hydrogen) atoms. The molecule has 4 nitrogen and oxygen atoms in total. The minimum atomic E-state index is -0.315. The predicted molar refractivity (Wildman–Crippen MR) is 93.7 cm³/mol. The number of nitrogens with two attached hydrogens (primary N) is 1. The molecule has 0 unspecified atom stereocenters. The second kappa shape index (κ2) is 6.97. The first-order valence-electron chi connectivity index (χ1n) is 8.38. The van der Waals surface area contributed by atoms with Crippen LogP contribution < -0.4 is 10.2 Å². The summed E-state index contributed by atoms with van der Waals surface area (Å²) in [7, 11) is 0. The molecule has 124 valence electrons. The molecule has 1 heterocycles. The number of hydrogen-bond acceptors (Lipinski definition) is 2. The maximum absolute atomic E-state index is 12.6. The standard InChI is InChI=1S/C20H22N2O2/c1-14-8-10-17(11-9-14)22-19(23)12-18(20(22)24)21-13-15(2)16-6-4-3-5-7-16/h3-11,15,18,21H,12-13H2,1-2H3/p+1/t15-,18-/m1/s1. The number of aryl methyl sites for hydroxylation is 1. The first kappa shape index (κ1) is 16.4. The van der Waals surface area contributed by atoms with Gasteiger partial charge in [-0.3, -0.25) is 9.59 Å². The van der Waals surface area contributed by atoms with Crippen LogP contribution in [-0.4, -0.2) is 24.4 Å². The molecule has 2 N–H and O–H groups in total. The highest BCUT2D eigenvalue weighted by Crippen LogP contribution is 2.22. The second-order valence-corrected chi connectivity index (χ2v) is 6.50. The summed E-state index contributed by atoms with van der Waals surface area (Å²) in [6, 6.07) is 17.4. The number of carbonyl (C=O) groups excluding carboxylic acids is 2. The smallest absolute Gasteiger partial charge is 0.292 e. The average molecular weight is 323 g/mol. The van der Waals surface area contributed by atoms with E-state index in [0.717, 1.165) is 12.1 Å². The van der Waals surface area contributed by atoms with Crippen LogP contribution in [0.3, 0.4) is 0 Å². The lowest BCUT2D eigenvalue weighted by molar-refractivity contribution is -0.676. The van der Waals surface area contributed by atoms with Crippen molar-refractivity contribution in [3.8, 4) is 0 Å². The Hall–Kier alpha value is -2.46. The number of benzene rings is 2. The van der Waals surface area contributed by atoms with Crippen LogP contribution in [0.2, 0.25) is 0 Å². The molecule has 0 aliphatic carbocycles. The van der Waals surface area contributed by atoms with E-state index in [1.807, 2.05) is 54.7 Å². The van der Waals surface area contributed by atoms with E-state index in [0.29, 0.717) is 11.6 Å². The number of carbonyl (C=O) groups is 2. The van der Waals surface area contributed by atoms with Gasteiger partial charge in [-0.25, -0.2) is 4.90 Å². The molecule has 0 radical (unpaired) electrons. The molecule has 0 aromatic heterocycles. The van der Waals surface area contributed by atoms with E-state index < -0.39 is 0 Å². The summed E-state index contributed by atoms with van der Waals surface area (Å²) in [6.07, 6.45) is 0.272. The number of hydrogen-bond donors (Lipinski definition) is 1. The molecule has 2 aromatic carbocycles. The van der Waals surface area contributed by atoms with Gasteiger partial charge in [-0.05, 0) is 24.6 Å². The Morgan fingerprint density at radius 1 is 1.08 bits per heavy atom. The van der Waals surface area contributed by atoms with Gasteiger partial charge in [0, 0.05) is 5.92 Å². The zero-order valence-electron chi connectivity index (χ0n) is 14.1. The maximum Gasteiger partial charge on any atom is 0.292 e. The first-order valence-corrected chi connectivity index (χ1v) is 8.38. The van der Waals surface area contributed by atoms with Crippen LogP contribution in [0.4, 0.5) is 5.69 Å². The number of amides is 2. The van der Waals surface area contributed by atoms with Crippen molar-refractivity contribution in [2.75, 3.05) is 11.4 Å².